The quantitative estimate of drug-likeness (QED) is 0.809. The highest BCUT2D eigenvalue weighted by molar-refractivity contribution is 6.20. The van der Waals surface area contributed by atoms with Gasteiger partial charge in [-0.15, -0.1) is 11.6 Å². The van der Waals surface area contributed by atoms with Crippen LogP contribution >= 0.6 is 11.6 Å². The van der Waals surface area contributed by atoms with Crippen molar-refractivity contribution >= 4 is 22.8 Å². The van der Waals surface area contributed by atoms with Crippen LogP contribution in [0.4, 0.5) is 0 Å². The normalized spacial score (nSPS) is 24.4. The second-order valence-corrected chi connectivity index (χ2v) is 6.24. The number of halogens is 1. The number of hydrogen-bond donors (Lipinski definition) is 0. The van der Waals surface area contributed by atoms with E-state index in [0.29, 0.717) is 0 Å². The fourth-order valence-electron chi connectivity index (χ4n) is 3.18. The van der Waals surface area contributed by atoms with E-state index in [2.05, 4.69) is 15.6 Å². The van der Waals surface area contributed by atoms with Crippen LogP contribution in [0.5, 0.6) is 0 Å². The average Bonchev–Trinajstić information content (AvgIpc) is 3.00. The van der Waals surface area contributed by atoms with Crippen molar-refractivity contribution < 1.29 is 4.74 Å². The van der Waals surface area contributed by atoms with E-state index in [1.54, 1.807) is 7.11 Å². The van der Waals surface area contributed by atoms with Gasteiger partial charge in [-0.2, -0.15) is 0 Å². The van der Waals surface area contributed by atoms with Gasteiger partial charge >= 0.3 is 0 Å². The molecule has 108 valence electrons. The van der Waals surface area contributed by atoms with E-state index in [1.807, 2.05) is 20.0 Å². The van der Waals surface area contributed by atoms with Crippen LogP contribution < -0.4 is 0 Å². The molecule has 2 aromatic rings. The van der Waals surface area contributed by atoms with Crippen LogP contribution in [-0.2, 0) is 4.74 Å². The van der Waals surface area contributed by atoms with Crippen molar-refractivity contribution in [3.05, 3.63) is 23.7 Å². The zero-order valence-electron chi connectivity index (χ0n) is 12.1. The lowest BCUT2D eigenvalue weighted by Crippen LogP contribution is -2.22. The molecule has 0 spiro atoms. The minimum Gasteiger partial charge on any atom is -0.379 e. The number of rotatable bonds is 3. The highest BCUT2D eigenvalue weighted by atomic mass is 35.5. The Hall–Kier alpha value is -1.13. The zero-order valence-corrected chi connectivity index (χ0v) is 12.9. The molecule has 0 aromatic carbocycles. The lowest BCUT2D eigenvalue weighted by atomic mass is 10.2. The van der Waals surface area contributed by atoms with Crippen molar-refractivity contribution in [1.82, 2.24) is 14.5 Å². The Morgan fingerprint density at radius 3 is 2.95 bits per heavy atom. The van der Waals surface area contributed by atoms with Crippen LogP contribution in [0, 0.1) is 6.92 Å². The Balaban J connectivity index is 2.18. The largest absolute Gasteiger partial charge is 0.379 e. The summed E-state index contributed by atoms with van der Waals surface area (Å²) in [6.07, 6.45) is 5.47. The van der Waals surface area contributed by atoms with Crippen LogP contribution in [0.1, 0.15) is 49.0 Å². The number of imidazole rings is 1. The topological polar surface area (TPSA) is 39.9 Å². The maximum Gasteiger partial charge on any atom is 0.160 e. The van der Waals surface area contributed by atoms with E-state index in [9.17, 15) is 0 Å². The van der Waals surface area contributed by atoms with Gasteiger partial charge in [0, 0.05) is 13.3 Å². The number of nitrogens with zero attached hydrogens (tertiary/aromatic N) is 3. The average molecular weight is 294 g/mol. The van der Waals surface area contributed by atoms with Gasteiger partial charge in [0.05, 0.1) is 17.5 Å². The van der Waals surface area contributed by atoms with Gasteiger partial charge in [0.2, 0.25) is 0 Å². The van der Waals surface area contributed by atoms with Gasteiger partial charge in [-0.3, -0.25) is 0 Å². The molecule has 3 rings (SSSR count). The lowest BCUT2D eigenvalue weighted by molar-refractivity contribution is 0.0751. The lowest BCUT2D eigenvalue weighted by Gasteiger charge is -2.22. The molecule has 5 heteroatoms. The Labute approximate surface area is 124 Å². The van der Waals surface area contributed by atoms with E-state index in [1.165, 1.54) is 6.42 Å². The molecule has 2 aromatic heterocycles. The zero-order chi connectivity index (χ0) is 14.3. The molecule has 20 heavy (non-hydrogen) atoms. The van der Waals surface area contributed by atoms with Crippen LogP contribution in [-0.4, -0.2) is 27.7 Å². The van der Waals surface area contributed by atoms with Crippen molar-refractivity contribution in [2.24, 2.45) is 0 Å². The predicted molar refractivity (Wildman–Crippen MR) is 80.2 cm³/mol. The Kier molecular flexibility index (Phi) is 3.69. The second kappa shape index (κ2) is 5.34. The third kappa shape index (κ3) is 2.21. The van der Waals surface area contributed by atoms with E-state index in [0.717, 1.165) is 35.4 Å². The first-order valence-corrected chi connectivity index (χ1v) is 7.56. The summed E-state index contributed by atoms with van der Waals surface area (Å²) in [4.78, 5) is 9.28. The van der Waals surface area contributed by atoms with Crippen molar-refractivity contribution in [3.8, 4) is 0 Å². The minimum atomic E-state index is -0.136. The second-order valence-electron chi connectivity index (χ2n) is 5.58. The molecule has 1 saturated carbocycles. The Morgan fingerprint density at radius 1 is 1.45 bits per heavy atom. The molecule has 1 fully saturated rings. The molecule has 4 nitrogen and oxygen atoms in total. The summed E-state index contributed by atoms with van der Waals surface area (Å²) in [5.74, 6) is 0.897. The van der Waals surface area contributed by atoms with E-state index in [4.69, 9.17) is 21.3 Å². The summed E-state index contributed by atoms with van der Waals surface area (Å²) in [5.41, 5.74) is 2.96. The van der Waals surface area contributed by atoms with Gasteiger partial charge in [-0.25, -0.2) is 9.97 Å². The van der Waals surface area contributed by atoms with Gasteiger partial charge in [0.1, 0.15) is 11.3 Å². The molecule has 0 amide bonds. The minimum absolute atomic E-state index is 0.136. The van der Waals surface area contributed by atoms with Crippen LogP contribution in [0.3, 0.4) is 0 Å². The predicted octanol–water partition coefficient (Wildman–Crippen LogP) is 3.78. The summed E-state index contributed by atoms with van der Waals surface area (Å²) in [6.45, 7) is 3.99. The molecule has 0 bridgehead atoms. The van der Waals surface area contributed by atoms with Crippen LogP contribution in [0.2, 0.25) is 0 Å². The number of hydrogen-bond acceptors (Lipinski definition) is 3. The molecule has 3 atom stereocenters. The summed E-state index contributed by atoms with van der Waals surface area (Å²) >= 11 is 6.34. The maximum atomic E-state index is 6.34. The number of aryl methyl sites for hydroxylation is 1. The molecular formula is C15H20ClN3O. The highest BCUT2D eigenvalue weighted by Gasteiger charge is 2.32. The van der Waals surface area contributed by atoms with Gasteiger partial charge in [0.25, 0.3) is 0 Å². The number of methoxy groups -OCH3 is 1. The molecule has 1 aliphatic carbocycles. The first-order valence-electron chi connectivity index (χ1n) is 7.13. The number of alkyl halides is 1. The standard InChI is InChI=1S/C15H20ClN3O/c1-9-7-11-15(17-8-9)19(14(18-11)10(2)16)12-5-4-6-13(12)20-3/h7-8,10,12-13H,4-6H2,1-3H3. The molecular weight excluding hydrogens is 274 g/mol. The number of pyridine rings is 1. The summed E-state index contributed by atoms with van der Waals surface area (Å²) in [5, 5.41) is -0.136. The highest BCUT2D eigenvalue weighted by Crippen LogP contribution is 2.37. The van der Waals surface area contributed by atoms with Crippen molar-refractivity contribution in [1.29, 1.82) is 0 Å². The smallest absolute Gasteiger partial charge is 0.160 e. The fourth-order valence-corrected chi connectivity index (χ4v) is 3.34. The van der Waals surface area contributed by atoms with Crippen molar-refractivity contribution in [2.45, 2.75) is 50.6 Å². The monoisotopic (exact) mass is 293 g/mol. The van der Waals surface area contributed by atoms with Gasteiger partial charge in [-0.05, 0) is 44.7 Å². The Bertz CT molecular complexity index is 623. The maximum absolute atomic E-state index is 6.34. The number of fused-ring (bicyclic) bond motifs is 1. The molecule has 3 unspecified atom stereocenters. The summed E-state index contributed by atoms with van der Waals surface area (Å²) < 4.78 is 7.84. The molecule has 2 heterocycles. The third-order valence-corrected chi connectivity index (χ3v) is 4.30. The third-order valence-electron chi connectivity index (χ3n) is 4.10. The summed E-state index contributed by atoms with van der Waals surface area (Å²) in [6, 6.07) is 2.36. The summed E-state index contributed by atoms with van der Waals surface area (Å²) in [7, 11) is 1.78. The number of aromatic nitrogens is 3. The molecule has 0 saturated heterocycles. The van der Waals surface area contributed by atoms with Crippen LogP contribution in [0.15, 0.2) is 12.3 Å². The molecule has 0 N–H and O–H groups in total. The van der Waals surface area contributed by atoms with Gasteiger partial charge in [0.15, 0.2) is 5.65 Å². The van der Waals surface area contributed by atoms with Gasteiger partial charge < -0.3 is 9.30 Å². The first kappa shape index (κ1) is 13.8. The SMILES string of the molecule is COC1CCCC1n1c(C(C)Cl)nc2cc(C)cnc21. The van der Waals surface area contributed by atoms with Crippen LogP contribution in [0.25, 0.3) is 11.2 Å². The van der Waals surface area contributed by atoms with E-state index in [-0.39, 0.29) is 17.5 Å². The van der Waals surface area contributed by atoms with E-state index < -0.39 is 0 Å². The fraction of sp³-hybridized carbons (Fsp3) is 0.600. The first-order chi connectivity index (χ1) is 9.61. The van der Waals surface area contributed by atoms with Crippen molar-refractivity contribution in [3.63, 3.8) is 0 Å². The molecule has 0 aliphatic heterocycles. The van der Waals surface area contributed by atoms with E-state index >= 15 is 0 Å². The number of ether oxygens (including phenoxy) is 1. The van der Waals surface area contributed by atoms with Gasteiger partial charge in [-0.1, -0.05) is 0 Å². The van der Waals surface area contributed by atoms with Crippen molar-refractivity contribution in [2.75, 3.05) is 7.11 Å². The molecule has 0 radical (unpaired) electrons. The Morgan fingerprint density at radius 2 is 2.25 bits per heavy atom. The molecule has 1 aliphatic rings.